The Hall–Kier alpha value is -1.52. The summed E-state index contributed by atoms with van der Waals surface area (Å²) in [4.78, 5) is 7.76. The zero-order valence-electron chi connectivity index (χ0n) is 8.98. The Kier molecular flexibility index (Phi) is 3.66. The maximum absolute atomic E-state index is 13.6. The summed E-state index contributed by atoms with van der Waals surface area (Å²) >= 11 is 5.68. The van der Waals surface area contributed by atoms with Gasteiger partial charge in [0.2, 0.25) is 0 Å². The molecule has 1 heterocycles. The first-order valence-electron chi connectivity index (χ1n) is 5.11. The number of rotatable bonds is 3. The molecule has 0 fully saturated rings. The summed E-state index contributed by atoms with van der Waals surface area (Å²) < 4.78 is 13.6. The van der Waals surface area contributed by atoms with Crippen LogP contribution >= 0.6 is 11.6 Å². The molecule has 1 unspecified atom stereocenters. The number of halogens is 2. The van der Waals surface area contributed by atoms with Gasteiger partial charge in [-0.2, -0.15) is 0 Å². The quantitative estimate of drug-likeness (QED) is 0.912. The van der Waals surface area contributed by atoms with Gasteiger partial charge >= 0.3 is 0 Å². The molecule has 0 spiro atoms. The monoisotopic (exact) mass is 251 g/mol. The van der Waals surface area contributed by atoms with Gasteiger partial charge < -0.3 is 5.73 Å². The van der Waals surface area contributed by atoms with E-state index in [0.29, 0.717) is 17.0 Å². The average Bonchev–Trinajstić information content (AvgIpc) is 2.34. The molecule has 1 aromatic carbocycles. The molecule has 1 aromatic heterocycles. The SMILES string of the molecule is NC(Cc1ccc(Cl)cc1F)c1cncnc1. The second-order valence-corrected chi connectivity index (χ2v) is 4.15. The van der Waals surface area contributed by atoms with Crippen LogP contribution in [0.5, 0.6) is 0 Å². The molecule has 1 atom stereocenters. The van der Waals surface area contributed by atoms with E-state index in [1.165, 1.54) is 12.4 Å². The summed E-state index contributed by atoms with van der Waals surface area (Å²) in [6.07, 6.45) is 5.08. The number of hydrogen-bond acceptors (Lipinski definition) is 3. The Morgan fingerprint density at radius 2 is 2.00 bits per heavy atom. The highest BCUT2D eigenvalue weighted by atomic mass is 35.5. The molecule has 17 heavy (non-hydrogen) atoms. The lowest BCUT2D eigenvalue weighted by Crippen LogP contribution is -2.14. The minimum atomic E-state index is -0.343. The van der Waals surface area contributed by atoms with Gasteiger partial charge in [-0.3, -0.25) is 0 Å². The molecule has 5 heteroatoms. The van der Waals surface area contributed by atoms with E-state index in [4.69, 9.17) is 17.3 Å². The van der Waals surface area contributed by atoms with Gasteiger partial charge in [-0.05, 0) is 24.1 Å². The van der Waals surface area contributed by atoms with Crippen molar-refractivity contribution >= 4 is 11.6 Å². The van der Waals surface area contributed by atoms with Gasteiger partial charge in [0.25, 0.3) is 0 Å². The normalized spacial score (nSPS) is 12.4. The summed E-state index contributed by atoms with van der Waals surface area (Å²) in [6.45, 7) is 0. The molecule has 88 valence electrons. The molecular formula is C12H11ClFN3. The molecule has 2 rings (SSSR count). The predicted molar refractivity (Wildman–Crippen MR) is 64.1 cm³/mol. The number of nitrogens with zero attached hydrogens (tertiary/aromatic N) is 2. The molecule has 0 radical (unpaired) electrons. The predicted octanol–water partition coefficient (Wildman–Crippen LogP) is 2.51. The molecular weight excluding hydrogens is 241 g/mol. The van der Waals surface area contributed by atoms with Crippen LogP contribution in [0.2, 0.25) is 5.02 Å². The maximum Gasteiger partial charge on any atom is 0.127 e. The highest BCUT2D eigenvalue weighted by Gasteiger charge is 2.11. The third-order valence-electron chi connectivity index (χ3n) is 2.46. The second kappa shape index (κ2) is 5.21. The zero-order chi connectivity index (χ0) is 12.3. The fourth-order valence-corrected chi connectivity index (χ4v) is 1.70. The first-order chi connectivity index (χ1) is 8.16. The van der Waals surface area contributed by atoms with Crippen molar-refractivity contribution in [2.75, 3.05) is 0 Å². The molecule has 0 bridgehead atoms. The lowest BCUT2D eigenvalue weighted by molar-refractivity contribution is 0.592. The van der Waals surface area contributed by atoms with Gasteiger partial charge in [0.1, 0.15) is 12.1 Å². The molecule has 0 saturated carbocycles. The van der Waals surface area contributed by atoms with Crippen molar-refractivity contribution in [1.29, 1.82) is 0 Å². The fourth-order valence-electron chi connectivity index (χ4n) is 1.54. The highest BCUT2D eigenvalue weighted by Crippen LogP contribution is 2.19. The van der Waals surface area contributed by atoms with Crippen LogP contribution in [-0.2, 0) is 6.42 Å². The van der Waals surface area contributed by atoms with E-state index in [-0.39, 0.29) is 11.9 Å². The lowest BCUT2D eigenvalue weighted by Gasteiger charge is -2.11. The first kappa shape index (κ1) is 12.0. The van der Waals surface area contributed by atoms with Gasteiger partial charge in [-0.15, -0.1) is 0 Å². The van der Waals surface area contributed by atoms with E-state index in [1.54, 1.807) is 24.5 Å². The highest BCUT2D eigenvalue weighted by molar-refractivity contribution is 6.30. The van der Waals surface area contributed by atoms with Crippen molar-refractivity contribution in [3.63, 3.8) is 0 Å². The van der Waals surface area contributed by atoms with Gasteiger partial charge in [0.15, 0.2) is 0 Å². The first-order valence-corrected chi connectivity index (χ1v) is 5.49. The molecule has 2 aromatic rings. The van der Waals surface area contributed by atoms with Crippen molar-refractivity contribution in [1.82, 2.24) is 9.97 Å². The van der Waals surface area contributed by atoms with Crippen LogP contribution in [0.4, 0.5) is 4.39 Å². The molecule has 0 amide bonds. The van der Waals surface area contributed by atoms with Gasteiger partial charge in [-0.1, -0.05) is 17.7 Å². The summed E-state index contributed by atoms with van der Waals surface area (Å²) in [7, 11) is 0. The molecule has 0 aliphatic heterocycles. The number of benzene rings is 1. The van der Waals surface area contributed by atoms with E-state index in [9.17, 15) is 4.39 Å². The van der Waals surface area contributed by atoms with Crippen LogP contribution in [-0.4, -0.2) is 9.97 Å². The van der Waals surface area contributed by atoms with E-state index in [1.807, 2.05) is 0 Å². The standard InChI is InChI=1S/C12H11ClFN3/c13-10-2-1-8(11(14)4-10)3-12(15)9-5-16-7-17-6-9/h1-2,4-7,12H,3,15H2. The largest absolute Gasteiger partial charge is 0.324 e. The molecule has 3 nitrogen and oxygen atoms in total. The second-order valence-electron chi connectivity index (χ2n) is 3.72. The molecule has 0 aliphatic rings. The topological polar surface area (TPSA) is 51.8 Å². The van der Waals surface area contributed by atoms with Crippen molar-refractivity contribution in [2.45, 2.75) is 12.5 Å². The van der Waals surface area contributed by atoms with Gasteiger partial charge in [0, 0.05) is 29.0 Å². The summed E-state index contributed by atoms with van der Waals surface area (Å²) in [6, 6.07) is 4.24. The summed E-state index contributed by atoms with van der Waals surface area (Å²) in [5.74, 6) is -0.343. The van der Waals surface area contributed by atoms with Crippen molar-refractivity contribution in [3.8, 4) is 0 Å². The molecule has 0 aliphatic carbocycles. The number of hydrogen-bond donors (Lipinski definition) is 1. The van der Waals surface area contributed by atoms with Crippen LogP contribution < -0.4 is 5.73 Å². The van der Waals surface area contributed by atoms with Crippen molar-refractivity contribution in [2.24, 2.45) is 5.73 Å². The third kappa shape index (κ3) is 2.99. The Morgan fingerprint density at radius 3 is 2.65 bits per heavy atom. The van der Waals surface area contributed by atoms with E-state index in [2.05, 4.69) is 9.97 Å². The number of aromatic nitrogens is 2. The summed E-state index contributed by atoms with van der Waals surface area (Å²) in [5.41, 5.74) is 7.27. The smallest absolute Gasteiger partial charge is 0.127 e. The van der Waals surface area contributed by atoms with Crippen LogP contribution in [0.1, 0.15) is 17.2 Å². The average molecular weight is 252 g/mol. The van der Waals surface area contributed by atoms with Crippen molar-refractivity contribution < 1.29 is 4.39 Å². The van der Waals surface area contributed by atoms with Crippen LogP contribution in [0.15, 0.2) is 36.9 Å². The van der Waals surface area contributed by atoms with Crippen LogP contribution in [0, 0.1) is 5.82 Å². The van der Waals surface area contributed by atoms with E-state index < -0.39 is 0 Å². The fraction of sp³-hybridized carbons (Fsp3) is 0.167. The van der Waals surface area contributed by atoms with Gasteiger partial charge in [0.05, 0.1) is 0 Å². The van der Waals surface area contributed by atoms with Crippen molar-refractivity contribution in [3.05, 3.63) is 58.9 Å². The summed E-state index contributed by atoms with van der Waals surface area (Å²) in [5, 5.41) is 0.378. The third-order valence-corrected chi connectivity index (χ3v) is 2.70. The molecule has 0 saturated heterocycles. The number of nitrogens with two attached hydrogens (primary N) is 1. The van der Waals surface area contributed by atoms with Crippen LogP contribution in [0.25, 0.3) is 0 Å². The minimum absolute atomic E-state index is 0.327. The lowest BCUT2D eigenvalue weighted by atomic mass is 10.0. The Labute approximate surface area is 103 Å². The van der Waals surface area contributed by atoms with E-state index >= 15 is 0 Å². The Balaban J connectivity index is 2.16. The van der Waals surface area contributed by atoms with Crippen LogP contribution in [0.3, 0.4) is 0 Å². The maximum atomic E-state index is 13.6. The Morgan fingerprint density at radius 1 is 1.29 bits per heavy atom. The zero-order valence-corrected chi connectivity index (χ0v) is 9.73. The Bertz CT molecular complexity index is 504. The van der Waals surface area contributed by atoms with Gasteiger partial charge in [-0.25, -0.2) is 14.4 Å². The minimum Gasteiger partial charge on any atom is -0.324 e. The van der Waals surface area contributed by atoms with E-state index in [0.717, 1.165) is 5.56 Å². The molecule has 2 N–H and O–H groups in total.